The molecule has 1 aromatic heterocycles. The predicted octanol–water partition coefficient (Wildman–Crippen LogP) is 4.39. The first-order chi connectivity index (χ1) is 13.4. The van der Waals surface area contributed by atoms with Gasteiger partial charge in [0.15, 0.2) is 5.13 Å². The zero-order chi connectivity index (χ0) is 19.7. The first-order valence-electron chi connectivity index (χ1n) is 9.02. The molecule has 0 radical (unpaired) electrons. The molecule has 1 aliphatic rings. The Morgan fingerprint density at radius 3 is 2.75 bits per heavy atom. The zero-order valence-electron chi connectivity index (χ0n) is 15.0. The lowest BCUT2D eigenvalue weighted by Gasteiger charge is -2.10. The highest BCUT2D eigenvalue weighted by atomic mass is 32.2. The lowest BCUT2D eigenvalue weighted by molar-refractivity contribution is 0.252. The predicted molar refractivity (Wildman–Crippen MR) is 109 cm³/mol. The minimum atomic E-state index is -4.10. The number of thiazole rings is 1. The fourth-order valence-electron chi connectivity index (χ4n) is 3.33. The number of nitrogens with zero attached hydrogens (tertiary/aromatic N) is 1. The number of fused-ring (bicyclic) bond motifs is 1. The molecule has 6 nitrogen and oxygen atoms in total. The van der Waals surface area contributed by atoms with E-state index in [9.17, 15) is 12.8 Å². The van der Waals surface area contributed by atoms with Gasteiger partial charge in [0.2, 0.25) is 0 Å². The van der Waals surface area contributed by atoms with Crippen molar-refractivity contribution < 1.29 is 17.5 Å². The number of anilines is 2. The van der Waals surface area contributed by atoms with Crippen molar-refractivity contribution in [1.82, 2.24) is 4.98 Å². The summed E-state index contributed by atoms with van der Waals surface area (Å²) in [5.74, 6) is 0.438. The van der Waals surface area contributed by atoms with Crippen LogP contribution in [0.2, 0.25) is 0 Å². The van der Waals surface area contributed by atoms with Gasteiger partial charge in [0.1, 0.15) is 16.5 Å². The van der Waals surface area contributed by atoms with Gasteiger partial charge >= 0.3 is 0 Å². The van der Waals surface area contributed by atoms with E-state index in [2.05, 4.69) is 9.71 Å². The molecule has 4 rings (SSSR count). The Morgan fingerprint density at radius 2 is 2.00 bits per heavy atom. The topological polar surface area (TPSA) is 94.3 Å². The summed E-state index contributed by atoms with van der Waals surface area (Å²) in [5.41, 5.74) is 6.28. The molecule has 0 spiro atoms. The smallest absolute Gasteiger partial charge is 0.266 e. The second kappa shape index (κ2) is 7.56. The summed E-state index contributed by atoms with van der Waals surface area (Å²) < 4.78 is 48.0. The first kappa shape index (κ1) is 18.9. The maximum absolute atomic E-state index is 14.0. The van der Waals surface area contributed by atoms with Crippen LogP contribution >= 0.6 is 11.3 Å². The molecule has 0 unspecified atom stereocenters. The average molecular weight is 422 g/mol. The van der Waals surface area contributed by atoms with Gasteiger partial charge in [-0.25, -0.2) is 17.8 Å². The normalized spacial score (nSPS) is 15.2. The number of aromatic nitrogens is 1. The van der Waals surface area contributed by atoms with Gasteiger partial charge in [-0.3, -0.25) is 4.72 Å². The van der Waals surface area contributed by atoms with Crippen molar-refractivity contribution in [2.45, 2.75) is 30.6 Å². The van der Waals surface area contributed by atoms with Crippen LogP contribution in [0, 0.1) is 11.7 Å². The highest BCUT2D eigenvalue weighted by Gasteiger charge is 2.21. The molecular formula is C19H20FN3O3S2. The Balaban J connectivity index is 1.52. The van der Waals surface area contributed by atoms with Crippen LogP contribution in [0.4, 0.5) is 15.2 Å². The summed E-state index contributed by atoms with van der Waals surface area (Å²) in [6.45, 7) is 0.695. The minimum Gasteiger partial charge on any atom is -0.493 e. The Kier molecular flexibility index (Phi) is 5.11. The monoisotopic (exact) mass is 421 g/mol. The molecule has 0 aliphatic heterocycles. The molecule has 0 atom stereocenters. The van der Waals surface area contributed by atoms with Crippen molar-refractivity contribution >= 4 is 42.4 Å². The van der Waals surface area contributed by atoms with Gasteiger partial charge in [-0.05, 0) is 55.2 Å². The molecular weight excluding hydrogens is 401 g/mol. The molecule has 9 heteroatoms. The molecule has 3 aromatic rings. The van der Waals surface area contributed by atoms with Crippen molar-refractivity contribution in [2.24, 2.45) is 5.92 Å². The number of rotatable bonds is 6. The molecule has 3 N–H and O–H groups in total. The third kappa shape index (κ3) is 4.05. The Bertz CT molecular complexity index is 1110. The summed E-state index contributed by atoms with van der Waals surface area (Å²) in [7, 11) is -4.10. The van der Waals surface area contributed by atoms with Gasteiger partial charge in [-0.1, -0.05) is 24.2 Å². The fraction of sp³-hybridized carbons (Fsp3) is 0.316. The molecule has 1 saturated carbocycles. The largest absolute Gasteiger partial charge is 0.493 e. The van der Waals surface area contributed by atoms with E-state index in [0.29, 0.717) is 18.0 Å². The van der Waals surface area contributed by atoms with Crippen LogP contribution in [0.5, 0.6) is 5.75 Å². The number of hydrogen-bond acceptors (Lipinski definition) is 6. The third-order valence-corrected chi connectivity index (χ3v) is 7.22. The van der Waals surface area contributed by atoms with E-state index in [1.54, 1.807) is 6.07 Å². The Morgan fingerprint density at radius 1 is 1.21 bits per heavy atom. The van der Waals surface area contributed by atoms with Crippen molar-refractivity contribution in [2.75, 3.05) is 17.1 Å². The van der Waals surface area contributed by atoms with Gasteiger partial charge in [-0.15, -0.1) is 0 Å². The number of halogens is 1. The van der Waals surface area contributed by atoms with Gasteiger partial charge < -0.3 is 10.5 Å². The maximum Gasteiger partial charge on any atom is 0.266 e. The van der Waals surface area contributed by atoms with Crippen LogP contribution in [0.1, 0.15) is 25.7 Å². The van der Waals surface area contributed by atoms with Crippen LogP contribution < -0.4 is 15.2 Å². The molecule has 2 aromatic carbocycles. The van der Waals surface area contributed by atoms with Crippen LogP contribution in [-0.4, -0.2) is 20.0 Å². The second-order valence-electron chi connectivity index (χ2n) is 6.91. The molecule has 0 bridgehead atoms. The quantitative estimate of drug-likeness (QED) is 0.576. The zero-order valence-corrected chi connectivity index (χ0v) is 16.7. The highest BCUT2D eigenvalue weighted by Crippen LogP contribution is 2.32. The number of hydrogen-bond donors (Lipinski definition) is 2. The highest BCUT2D eigenvalue weighted by molar-refractivity contribution is 7.93. The number of benzene rings is 2. The summed E-state index contributed by atoms with van der Waals surface area (Å²) in [5, 5.41) is 0.166. The summed E-state index contributed by atoms with van der Waals surface area (Å²) in [4.78, 5) is 3.80. The fourth-order valence-corrected chi connectivity index (χ4v) is 5.52. The standard InChI is InChI=1S/C19H20FN3O3S2/c20-15-9-13(21)5-8-18(15)28(24,25)23-19-22-16-7-6-14(10-17(16)27-19)26-11-12-3-1-2-4-12/h5-10,12H,1-4,11,21H2,(H,22,23). The van der Waals surface area contributed by atoms with E-state index < -0.39 is 20.7 Å². The lowest BCUT2D eigenvalue weighted by Crippen LogP contribution is -2.14. The molecule has 0 amide bonds. The van der Waals surface area contributed by atoms with E-state index in [-0.39, 0.29) is 10.8 Å². The number of ether oxygens (including phenoxy) is 1. The van der Waals surface area contributed by atoms with Crippen LogP contribution in [0.25, 0.3) is 10.2 Å². The number of nitrogens with one attached hydrogen (secondary N) is 1. The minimum absolute atomic E-state index is 0.154. The SMILES string of the molecule is Nc1ccc(S(=O)(=O)Nc2nc3ccc(OCC4CCCC4)cc3s2)c(F)c1. The average Bonchev–Trinajstić information content (AvgIpc) is 3.27. The number of nitrogen functional groups attached to an aromatic ring is 1. The maximum atomic E-state index is 14.0. The van der Waals surface area contributed by atoms with E-state index in [1.165, 1.54) is 43.1 Å². The molecule has 148 valence electrons. The van der Waals surface area contributed by atoms with Crippen LogP contribution in [0.15, 0.2) is 41.3 Å². The Hall–Kier alpha value is -2.39. The van der Waals surface area contributed by atoms with Crippen LogP contribution in [-0.2, 0) is 10.0 Å². The van der Waals surface area contributed by atoms with E-state index >= 15 is 0 Å². The van der Waals surface area contributed by atoms with Crippen molar-refractivity contribution in [1.29, 1.82) is 0 Å². The van der Waals surface area contributed by atoms with Gasteiger partial charge in [0.25, 0.3) is 10.0 Å². The van der Waals surface area contributed by atoms with Crippen LogP contribution in [0.3, 0.4) is 0 Å². The van der Waals surface area contributed by atoms with Crippen molar-refractivity contribution in [3.05, 3.63) is 42.2 Å². The third-order valence-electron chi connectivity index (χ3n) is 4.79. The second-order valence-corrected chi connectivity index (χ2v) is 9.59. The summed E-state index contributed by atoms with van der Waals surface area (Å²) in [6, 6.07) is 8.91. The van der Waals surface area contributed by atoms with Gasteiger partial charge in [0.05, 0.1) is 16.8 Å². The summed E-state index contributed by atoms with van der Waals surface area (Å²) in [6.07, 6.45) is 4.94. The summed E-state index contributed by atoms with van der Waals surface area (Å²) >= 11 is 1.17. The van der Waals surface area contributed by atoms with E-state index in [1.807, 2.05) is 12.1 Å². The Labute approximate surface area is 166 Å². The molecule has 28 heavy (non-hydrogen) atoms. The van der Waals surface area contributed by atoms with Gasteiger partial charge in [-0.2, -0.15) is 0 Å². The van der Waals surface area contributed by atoms with E-state index in [4.69, 9.17) is 10.5 Å². The number of nitrogens with two attached hydrogens (primary N) is 1. The first-order valence-corrected chi connectivity index (χ1v) is 11.3. The molecule has 1 fully saturated rings. The van der Waals surface area contributed by atoms with Gasteiger partial charge in [0, 0.05) is 5.69 Å². The molecule has 1 aliphatic carbocycles. The van der Waals surface area contributed by atoms with Crippen molar-refractivity contribution in [3.8, 4) is 5.75 Å². The molecule has 0 saturated heterocycles. The lowest BCUT2D eigenvalue weighted by atomic mass is 10.1. The number of sulfonamides is 1. The van der Waals surface area contributed by atoms with Crippen molar-refractivity contribution in [3.63, 3.8) is 0 Å². The van der Waals surface area contributed by atoms with E-state index in [0.717, 1.165) is 22.6 Å². The molecule has 1 heterocycles.